The van der Waals surface area contributed by atoms with E-state index in [0.29, 0.717) is 19.0 Å². The average Bonchev–Trinajstić information content (AvgIpc) is 2.34. The Morgan fingerprint density at radius 1 is 1.33 bits per heavy atom. The van der Waals surface area contributed by atoms with E-state index in [1.165, 1.54) is 0 Å². The fraction of sp³-hybridized carbons (Fsp3) is 0.583. The molecule has 0 radical (unpaired) electrons. The van der Waals surface area contributed by atoms with Gasteiger partial charge in [-0.2, -0.15) is 0 Å². The number of nitrogens with zero attached hydrogens (tertiary/aromatic N) is 1. The van der Waals surface area contributed by atoms with Crippen molar-refractivity contribution in [2.45, 2.75) is 33.1 Å². The summed E-state index contributed by atoms with van der Waals surface area (Å²) in [6, 6.07) is 1.53. The molecule has 0 saturated carbocycles. The van der Waals surface area contributed by atoms with E-state index in [1.807, 2.05) is 26.8 Å². The van der Waals surface area contributed by atoms with Crippen molar-refractivity contribution in [3.05, 3.63) is 23.4 Å². The number of hydrogen-bond donors (Lipinski definition) is 3. The maximum Gasteiger partial charge on any atom is 0.178 e. The number of hydrazine groups is 1. The van der Waals surface area contributed by atoms with Crippen molar-refractivity contribution in [3.8, 4) is 0 Å². The summed E-state index contributed by atoms with van der Waals surface area (Å²) in [4.78, 5) is 4.08. The lowest BCUT2D eigenvalue weighted by Gasteiger charge is -2.28. The molecule has 0 fully saturated rings. The van der Waals surface area contributed by atoms with E-state index < -0.39 is 6.29 Å². The fourth-order valence-corrected chi connectivity index (χ4v) is 1.86. The van der Waals surface area contributed by atoms with Crippen molar-refractivity contribution in [2.75, 3.05) is 18.9 Å². The van der Waals surface area contributed by atoms with Crippen molar-refractivity contribution in [2.24, 2.45) is 5.84 Å². The van der Waals surface area contributed by atoms with Crippen molar-refractivity contribution >= 4 is 5.82 Å². The monoisotopic (exact) mass is 254 g/mol. The van der Waals surface area contributed by atoms with Crippen molar-refractivity contribution in [1.29, 1.82) is 0 Å². The molecule has 1 rings (SSSR count). The molecule has 0 bridgehead atoms. The minimum Gasteiger partial charge on any atom is -0.383 e. The normalized spacial score (nSPS) is 12.9. The number of aromatic nitrogens is 1. The smallest absolute Gasteiger partial charge is 0.178 e. The quantitative estimate of drug-likeness (QED) is 0.380. The van der Waals surface area contributed by atoms with Crippen LogP contribution in [0.15, 0.2) is 12.3 Å². The minimum absolute atomic E-state index is 0.349. The lowest BCUT2D eigenvalue weighted by molar-refractivity contribution is -0.155. The third-order valence-electron chi connectivity index (χ3n) is 2.66. The first-order chi connectivity index (χ1) is 8.65. The first kappa shape index (κ1) is 14.8. The van der Waals surface area contributed by atoms with Crippen LogP contribution in [0.4, 0.5) is 5.82 Å². The molecule has 0 aliphatic carbocycles. The molecule has 6 nitrogen and oxygen atoms in total. The molecule has 0 saturated heterocycles. The summed E-state index contributed by atoms with van der Waals surface area (Å²) < 4.78 is 11.1. The second-order valence-corrected chi connectivity index (χ2v) is 3.85. The Morgan fingerprint density at radius 3 is 2.39 bits per heavy atom. The van der Waals surface area contributed by atoms with Gasteiger partial charge in [-0.1, -0.05) is 0 Å². The molecular formula is C12H22N4O2. The standard InChI is InChI=1S/C12H22N4O2/c1-4-17-12(18-5-2)10(16-14)9-8(3)6-7-15-11(9)13/h6-7,10,12,16H,4-5,14H2,1-3H3,(H2,13,15). The van der Waals surface area contributed by atoms with Gasteiger partial charge in [0.25, 0.3) is 0 Å². The largest absolute Gasteiger partial charge is 0.383 e. The summed E-state index contributed by atoms with van der Waals surface area (Å²) in [5.41, 5.74) is 10.4. The summed E-state index contributed by atoms with van der Waals surface area (Å²) in [6.45, 7) is 6.81. The van der Waals surface area contributed by atoms with Crippen molar-refractivity contribution in [1.82, 2.24) is 10.4 Å². The molecule has 1 unspecified atom stereocenters. The molecule has 1 aromatic heterocycles. The van der Waals surface area contributed by atoms with Crippen LogP contribution in [-0.4, -0.2) is 24.5 Å². The Balaban J connectivity index is 3.06. The second kappa shape index (κ2) is 7.27. The van der Waals surface area contributed by atoms with Crippen molar-refractivity contribution < 1.29 is 9.47 Å². The van der Waals surface area contributed by atoms with Crippen LogP contribution in [0.1, 0.15) is 31.0 Å². The van der Waals surface area contributed by atoms with Gasteiger partial charge in [-0.15, -0.1) is 0 Å². The molecule has 1 atom stereocenters. The van der Waals surface area contributed by atoms with Gasteiger partial charge in [-0.05, 0) is 32.4 Å². The molecule has 5 N–H and O–H groups in total. The first-order valence-corrected chi connectivity index (χ1v) is 6.05. The van der Waals surface area contributed by atoms with E-state index in [1.54, 1.807) is 6.20 Å². The van der Waals surface area contributed by atoms with Gasteiger partial charge < -0.3 is 15.2 Å². The van der Waals surface area contributed by atoms with Crippen LogP contribution in [0, 0.1) is 6.92 Å². The molecule has 18 heavy (non-hydrogen) atoms. The van der Waals surface area contributed by atoms with Gasteiger partial charge in [0.1, 0.15) is 11.9 Å². The van der Waals surface area contributed by atoms with Crippen LogP contribution in [0.2, 0.25) is 0 Å². The third kappa shape index (κ3) is 3.39. The number of nitrogens with two attached hydrogens (primary N) is 2. The lowest BCUT2D eigenvalue weighted by atomic mass is 10.0. The van der Waals surface area contributed by atoms with Gasteiger partial charge >= 0.3 is 0 Å². The number of hydrogen-bond acceptors (Lipinski definition) is 6. The number of anilines is 1. The van der Waals surface area contributed by atoms with E-state index >= 15 is 0 Å². The molecule has 0 spiro atoms. The van der Waals surface area contributed by atoms with Gasteiger partial charge in [0.05, 0.1) is 0 Å². The molecule has 0 aromatic carbocycles. The van der Waals surface area contributed by atoms with E-state index in [0.717, 1.165) is 11.1 Å². The Labute approximate surface area is 108 Å². The fourth-order valence-electron chi connectivity index (χ4n) is 1.86. The molecule has 0 amide bonds. The predicted octanol–water partition coefficient (Wildman–Crippen LogP) is 0.876. The molecule has 0 aliphatic rings. The number of ether oxygens (including phenoxy) is 2. The van der Waals surface area contributed by atoms with Gasteiger partial charge in [0.2, 0.25) is 0 Å². The van der Waals surface area contributed by atoms with Gasteiger partial charge in [-0.25, -0.2) is 10.4 Å². The van der Waals surface area contributed by atoms with Crippen molar-refractivity contribution in [3.63, 3.8) is 0 Å². The SMILES string of the molecule is CCOC(OCC)C(NN)c1c(C)ccnc1N. The first-order valence-electron chi connectivity index (χ1n) is 6.05. The summed E-state index contributed by atoms with van der Waals surface area (Å²) in [7, 11) is 0. The summed E-state index contributed by atoms with van der Waals surface area (Å²) in [5, 5.41) is 0. The second-order valence-electron chi connectivity index (χ2n) is 3.85. The maximum atomic E-state index is 5.91. The Kier molecular flexibility index (Phi) is 6.00. The molecular weight excluding hydrogens is 232 g/mol. The molecule has 1 aromatic rings. The summed E-state index contributed by atoms with van der Waals surface area (Å²) in [6.07, 6.45) is 1.17. The zero-order valence-corrected chi connectivity index (χ0v) is 11.1. The Hall–Kier alpha value is -1.21. The molecule has 1 heterocycles. The third-order valence-corrected chi connectivity index (χ3v) is 2.66. The molecule has 102 valence electrons. The highest BCUT2D eigenvalue weighted by molar-refractivity contribution is 5.46. The minimum atomic E-state index is -0.491. The van der Waals surface area contributed by atoms with E-state index in [9.17, 15) is 0 Å². The predicted molar refractivity (Wildman–Crippen MR) is 70.5 cm³/mol. The van der Waals surface area contributed by atoms with Crippen LogP contribution in [0.3, 0.4) is 0 Å². The topological polar surface area (TPSA) is 95.4 Å². The van der Waals surface area contributed by atoms with Crippen LogP contribution < -0.4 is 17.0 Å². The highest BCUT2D eigenvalue weighted by Crippen LogP contribution is 2.26. The summed E-state index contributed by atoms with van der Waals surface area (Å²) >= 11 is 0. The average molecular weight is 254 g/mol. The Morgan fingerprint density at radius 2 is 1.94 bits per heavy atom. The van der Waals surface area contributed by atoms with Crippen LogP contribution in [0.5, 0.6) is 0 Å². The van der Waals surface area contributed by atoms with Crippen LogP contribution in [0.25, 0.3) is 0 Å². The van der Waals surface area contributed by atoms with E-state index in [4.69, 9.17) is 21.1 Å². The zero-order chi connectivity index (χ0) is 13.5. The number of pyridine rings is 1. The van der Waals surface area contributed by atoms with Gasteiger partial charge in [-0.3, -0.25) is 5.84 Å². The lowest BCUT2D eigenvalue weighted by Crippen LogP contribution is -2.40. The van der Waals surface area contributed by atoms with Crippen LogP contribution in [-0.2, 0) is 9.47 Å². The number of nitrogen functional groups attached to an aromatic ring is 1. The highest BCUT2D eigenvalue weighted by atomic mass is 16.7. The van der Waals surface area contributed by atoms with E-state index in [-0.39, 0.29) is 6.04 Å². The zero-order valence-electron chi connectivity index (χ0n) is 11.1. The molecule has 0 aliphatic heterocycles. The Bertz CT molecular complexity index is 347. The van der Waals surface area contributed by atoms with E-state index in [2.05, 4.69) is 10.4 Å². The number of nitrogens with one attached hydrogen (secondary N) is 1. The number of aryl methyl sites for hydroxylation is 1. The van der Waals surface area contributed by atoms with Crippen LogP contribution >= 0.6 is 0 Å². The molecule has 6 heteroatoms. The van der Waals surface area contributed by atoms with Gasteiger partial charge in [0, 0.05) is 25.0 Å². The maximum absolute atomic E-state index is 5.91. The number of rotatable bonds is 7. The summed E-state index contributed by atoms with van der Waals surface area (Å²) in [5.74, 6) is 6.04. The highest BCUT2D eigenvalue weighted by Gasteiger charge is 2.26. The van der Waals surface area contributed by atoms with Gasteiger partial charge in [0.15, 0.2) is 6.29 Å².